The van der Waals surface area contributed by atoms with Crippen molar-refractivity contribution in [2.75, 3.05) is 0 Å². The Kier molecular flexibility index (Phi) is 6.35. The molecular weight excluding hydrogens is 300 g/mol. The van der Waals surface area contributed by atoms with Crippen LogP contribution in [0.3, 0.4) is 0 Å². The Morgan fingerprint density at radius 1 is 1.27 bits per heavy atom. The van der Waals surface area contributed by atoms with E-state index in [1.165, 1.54) is 12.1 Å². The van der Waals surface area contributed by atoms with E-state index in [4.69, 9.17) is 4.18 Å². The van der Waals surface area contributed by atoms with Crippen LogP contribution in [0, 0.1) is 12.3 Å². The summed E-state index contributed by atoms with van der Waals surface area (Å²) in [7, 11) is -3.89. The van der Waals surface area contributed by atoms with Gasteiger partial charge in [0.15, 0.2) is 5.78 Å². The monoisotopic (exact) mass is 324 g/mol. The number of allylic oxidation sites excluding steroid dienone is 1. The summed E-state index contributed by atoms with van der Waals surface area (Å²) in [4.78, 5) is 12.2. The largest absolute Gasteiger partial charge is 0.387 e. The van der Waals surface area contributed by atoms with Crippen molar-refractivity contribution in [3.8, 4) is 0 Å². The Hall–Kier alpha value is -1.62. The normalized spacial score (nSPS) is 12.5. The predicted molar refractivity (Wildman–Crippen MR) is 86.9 cm³/mol. The summed E-state index contributed by atoms with van der Waals surface area (Å²) in [6.07, 6.45) is 4.90. The molecule has 0 aliphatic carbocycles. The Balaban J connectivity index is 2.77. The van der Waals surface area contributed by atoms with E-state index in [9.17, 15) is 13.2 Å². The van der Waals surface area contributed by atoms with Crippen molar-refractivity contribution in [3.63, 3.8) is 0 Å². The lowest BCUT2D eigenvalue weighted by Gasteiger charge is -2.20. The molecule has 1 aromatic carbocycles. The van der Waals surface area contributed by atoms with Gasteiger partial charge in [0.25, 0.3) is 0 Å². The average Bonchev–Trinajstić information content (AvgIpc) is 2.45. The van der Waals surface area contributed by atoms with E-state index in [1.807, 2.05) is 13.8 Å². The third-order valence-corrected chi connectivity index (χ3v) is 4.95. The highest BCUT2D eigenvalue weighted by molar-refractivity contribution is 7.86. The van der Waals surface area contributed by atoms with Crippen molar-refractivity contribution < 1.29 is 17.4 Å². The summed E-state index contributed by atoms with van der Waals surface area (Å²) >= 11 is 0. The fourth-order valence-corrected chi connectivity index (χ4v) is 3.03. The summed E-state index contributed by atoms with van der Waals surface area (Å²) in [5.74, 6) is -0.138. The molecule has 0 bridgehead atoms. The van der Waals surface area contributed by atoms with Gasteiger partial charge in [-0.25, -0.2) is 0 Å². The fraction of sp³-hybridized carbons (Fsp3) is 0.471. The lowest BCUT2D eigenvalue weighted by atomic mass is 9.83. The summed E-state index contributed by atoms with van der Waals surface area (Å²) in [5.41, 5.74) is 0.0907. The number of benzene rings is 1. The van der Waals surface area contributed by atoms with Gasteiger partial charge in [-0.15, -0.1) is 0 Å². The van der Waals surface area contributed by atoms with E-state index in [1.54, 1.807) is 25.1 Å². The Bertz CT molecular complexity index is 642. The van der Waals surface area contributed by atoms with Crippen LogP contribution >= 0.6 is 0 Å². The maximum absolute atomic E-state index is 12.1. The van der Waals surface area contributed by atoms with Crippen molar-refractivity contribution >= 4 is 15.9 Å². The number of hydrogen-bond donors (Lipinski definition) is 0. The lowest BCUT2D eigenvalue weighted by molar-refractivity contribution is -0.122. The van der Waals surface area contributed by atoms with Crippen LogP contribution in [0.15, 0.2) is 41.5 Å². The van der Waals surface area contributed by atoms with Crippen LogP contribution in [0.25, 0.3) is 0 Å². The van der Waals surface area contributed by atoms with Gasteiger partial charge >= 0.3 is 10.1 Å². The maximum atomic E-state index is 12.1. The molecule has 0 aliphatic rings. The first-order valence-electron chi connectivity index (χ1n) is 7.40. The van der Waals surface area contributed by atoms with Gasteiger partial charge in [-0.2, -0.15) is 8.42 Å². The van der Waals surface area contributed by atoms with Crippen molar-refractivity contribution in [2.24, 2.45) is 5.41 Å². The third kappa shape index (κ3) is 4.98. The molecule has 0 aliphatic heterocycles. The number of hydrogen-bond acceptors (Lipinski definition) is 4. The standard InChI is InChI=1S/C17H24O4S/c1-5-6-12-17(3,4)16(18)11-13-21-22(19,20)15-10-8-7-9-14(15)2/h7-11,13H,5-6,12H2,1-4H3/b13-11+. The summed E-state index contributed by atoms with van der Waals surface area (Å²) < 4.78 is 29.0. The molecule has 0 radical (unpaired) electrons. The highest BCUT2D eigenvalue weighted by Gasteiger charge is 2.25. The minimum Gasteiger partial charge on any atom is -0.387 e. The maximum Gasteiger partial charge on any atom is 0.338 e. The molecule has 0 saturated heterocycles. The van der Waals surface area contributed by atoms with Crippen LogP contribution in [0.5, 0.6) is 0 Å². The van der Waals surface area contributed by atoms with Gasteiger partial charge in [0.1, 0.15) is 11.2 Å². The van der Waals surface area contributed by atoms with Gasteiger partial charge in [0.05, 0.1) is 0 Å². The Labute approximate surface area is 133 Å². The minimum absolute atomic E-state index is 0.109. The lowest BCUT2D eigenvalue weighted by Crippen LogP contribution is -2.22. The van der Waals surface area contributed by atoms with E-state index in [0.29, 0.717) is 5.56 Å². The molecule has 0 spiro atoms. The molecule has 22 heavy (non-hydrogen) atoms. The number of carbonyl (C=O) groups is 1. The van der Waals surface area contributed by atoms with Gasteiger partial charge in [-0.05, 0) is 25.0 Å². The van der Waals surface area contributed by atoms with Gasteiger partial charge in [0, 0.05) is 11.5 Å². The molecule has 0 unspecified atom stereocenters. The molecule has 1 aromatic rings. The first-order valence-corrected chi connectivity index (χ1v) is 8.81. The Morgan fingerprint density at radius 3 is 2.50 bits per heavy atom. The molecule has 0 saturated carbocycles. The molecule has 122 valence electrons. The number of aryl methyl sites for hydroxylation is 1. The summed E-state index contributed by atoms with van der Waals surface area (Å²) in [5, 5.41) is 0. The van der Waals surface area contributed by atoms with E-state index < -0.39 is 15.5 Å². The van der Waals surface area contributed by atoms with Crippen LogP contribution in [0.4, 0.5) is 0 Å². The van der Waals surface area contributed by atoms with Gasteiger partial charge < -0.3 is 4.18 Å². The number of carbonyl (C=O) groups excluding carboxylic acids is 1. The molecule has 0 aromatic heterocycles. The molecule has 0 amide bonds. The van der Waals surface area contributed by atoms with E-state index in [2.05, 4.69) is 6.92 Å². The fourth-order valence-electron chi connectivity index (χ4n) is 2.02. The second kappa shape index (κ2) is 7.58. The first kappa shape index (κ1) is 18.4. The molecule has 5 heteroatoms. The molecule has 0 N–H and O–H groups in total. The Morgan fingerprint density at radius 2 is 1.91 bits per heavy atom. The number of ketones is 1. The summed E-state index contributed by atoms with van der Waals surface area (Å²) in [6.45, 7) is 7.46. The van der Waals surface area contributed by atoms with E-state index >= 15 is 0 Å². The predicted octanol–water partition coefficient (Wildman–Crippen LogP) is 4.00. The zero-order valence-corrected chi connectivity index (χ0v) is 14.4. The topological polar surface area (TPSA) is 60.4 Å². The van der Waals surface area contributed by atoms with Crippen molar-refractivity contribution in [2.45, 2.75) is 51.9 Å². The van der Waals surface area contributed by atoms with E-state index in [0.717, 1.165) is 25.5 Å². The molecule has 0 atom stereocenters. The number of rotatable bonds is 8. The van der Waals surface area contributed by atoms with Gasteiger partial charge in [-0.3, -0.25) is 4.79 Å². The van der Waals surface area contributed by atoms with Crippen molar-refractivity contribution in [1.29, 1.82) is 0 Å². The minimum atomic E-state index is -3.89. The quantitative estimate of drug-likeness (QED) is 0.412. The zero-order valence-electron chi connectivity index (χ0n) is 13.6. The molecule has 1 rings (SSSR count). The number of unbranched alkanes of at least 4 members (excludes halogenated alkanes) is 1. The van der Waals surface area contributed by atoms with Crippen LogP contribution in [0.2, 0.25) is 0 Å². The molecule has 0 heterocycles. The molecular formula is C17H24O4S. The van der Waals surface area contributed by atoms with Crippen molar-refractivity contribution in [3.05, 3.63) is 42.2 Å². The average molecular weight is 324 g/mol. The van der Waals surface area contributed by atoms with Gasteiger partial charge in [0.2, 0.25) is 0 Å². The highest BCUT2D eigenvalue weighted by Crippen LogP contribution is 2.25. The third-order valence-electron chi connectivity index (χ3n) is 3.59. The smallest absolute Gasteiger partial charge is 0.338 e. The van der Waals surface area contributed by atoms with Gasteiger partial charge in [-0.1, -0.05) is 51.8 Å². The van der Waals surface area contributed by atoms with Crippen LogP contribution in [-0.2, 0) is 19.1 Å². The van der Waals surface area contributed by atoms with Crippen molar-refractivity contribution in [1.82, 2.24) is 0 Å². The molecule has 4 nitrogen and oxygen atoms in total. The second-order valence-electron chi connectivity index (χ2n) is 5.97. The molecule has 0 fully saturated rings. The first-order chi connectivity index (χ1) is 10.2. The zero-order chi connectivity index (χ0) is 16.8. The summed E-state index contributed by atoms with van der Waals surface area (Å²) in [6, 6.07) is 6.56. The second-order valence-corrected chi connectivity index (χ2v) is 7.51. The highest BCUT2D eigenvalue weighted by atomic mass is 32.2. The SMILES string of the molecule is CCCCC(C)(C)C(=O)/C=C/OS(=O)(=O)c1ccccc1C. The van der Waals surface area contributed by atoms with Crippen LogP contribution in [0.1, 0.15) is 45.6 Å². The van der Waals surface area contributed by atoms with Crippen LogP contribution < -0.4 is 0 Å². The van der Waals surface area contributed by atoms with E-state index in [-0.39, 0.29) is 10.7 Å². The van der Waals surface area contributed by atoms with Crippen LogP contribution in [-0.4, -0.2) is 14.2 Å².